The molecule has 0 radical (unpaired) electrons. The summed E-state index contributed by atoms with van der Waals surface area (Å²) in [4.78, 5) is 0. The maximum Gasteiger partial charge on any atom is 0.0636 e. The smallest absolute Gasteiger partial charge is 0.0636 e. The molecular formula is C12H24N2O. The van der Waals surface area contributed by atoms with E-state index >= 15 is 0 Å². The van der Waals surface area contributed by atoms with E-state index in [1.54, 1.807) is 0 Å². The zero-order valence-corrected chi connectivity index (χ0v) is 10.3. The van der Waals surface area contributed by atoms with Gasteiger partial charge in [0.1, 0.15) is 0 Å². The van der Waals surface area contributed by atoms with E-state index in [1.165, 1.54) is 25.7 Å². The standard InChI is InChI=1S/C12H24N2O/c1-10(8-11-4-5-11)14(13(2)3)12-6-7-15-9-12/h10-12H,4-9H2,1-3H3/t10?,12-/m0/s1. The molecule has 1 saturated carbocycles. The highest BCUT2D eigenvalue weighted by atomic mass is 16.5. The molecule has 2 rings (SSSR count). The first-order valence-electron chi connectivity index (χ1n) is 6.22. The Morgan fingerprint density at radius 3 is 2.47 bits per heavy atom. The number of hydrazine groups is 1. The van der Waals surface area contributed by atoms with Crippen LogP contribution in [0.2, 0.25) is 0 Å². The molecular weight excluding hydrogens is 188 g/mol. The molecule has 0 spiro atoms. The molecule has 0 aromatic heterocycles. The molecule has 2 aliphatic rings. The van der Waals surface area contributed by atoms with E-state index < -0.39 is 0 Å². The number of hydrogen-bond donors (Lipinski definition) is 0. The fourth-order valence-electron chi connectivity index (χ4n) is 2.76. The molecule has 3 heteroatoms. The van der Waals surface area contributed by atoms with Gasteiger partial charge in [0.2, 0.25) is 0 Å². The number of rotatable bonds is 5. The minimum atomic E-state index is 0.605. The maximum atomic E-state index is 5.49. The molecule has 0 N–H and O–H groups in total. The Kier molecular flexibility index (Phi) is 3.65. The number of nitrogens with zero attached hydrogens (tertiary/aromatic N) is 2. The first-order valence-corrected chi connectivity index (χ1v) is 6.22. The Balaban J connectivity index is 1.90. The Labute approximate surface area is 93.3 Å². The average Bonchev–Trinajstić information content (AvgIpc) is 2.81. The normalized spacial score (nSPS) is 29.0. The molecule has 0 aromatic rings. The van der Waals surface area contributed by atoms with E-state index in [-0.39, 0.29) is 0 Å². The van der Waals surface area contributed by atoms with Gasteiger partial charge in [-0.05, 0) is 25.7 Å². The van der Waals surface area contributed by atoms with Crippen LogP contribution in [0.15, 0.2) is 0 Å². The second-order valence-electron chi connectivity index (χ2n) is 5.27. The first kappa shape index (κ1) is 11.4. The van der Waals surface area contributed by atoms with Crippen LogP contribution >= 0.6 is 0 Å². The van der Waals surface area contributed by atoms with Crippen molar-refractivity contribution in [1.29, 1.82) is 0 Å². The Morgan fingerprint density at radius 2 is 2.00 bits per heavy atom. The summed E-state index contributed by atoms with van der Waals surface area (Å²) in [5.41, 5.74) is 0. The summed E-state index contributed by atoms with van der Waals surface area (Å²) in [6.07, 6.45) is 5.45. The summed E-state index contributed by atoms with van der Waals surface area (Å²) in [6.45, 7) is 4.20. The van der Waals surface area contributed by atoms with Crippen molar-refractivity contribution in [3.8, 4) is 0 Å². The zero-order valence-electron chi connectivity index (χ0n) is 10.3. The Bertz CT molecular complexity index is 198. The van der Waals surface area contributed by atoms with Crippen LogP contribution in [-0.2, 0) is 4.74 Å². The second-order valence-corrected chi connectivity index (χ2v) is 5.27. The number of ether oxygens (including phenoxy) is 1. The largest absolute Gasteiger partial charge is 0.380 e. The van der Waals surface area contributed by atoms with E-state index in [2.05, 4.69) is 31.0 Å². The summed E-state index contributed by atoms with van der Waals surface area (Å²) in [6, 6.07) is 1.27. The predicted molar refractivity (Wildman–Crippen MR) is 61.6 cm³/mol. The lowest BCUT2D eigenvalue weighted by atomic mass is 10.1. The van der Waals surface area contributed by atoms with Crippen molar-refractivity contribution in [2.75, 3.05) is 27.3 Å². The lowest BCUT2D eigenvalue weighted by Gasteiger charge is -2.38. The van der Waals surface area contributed by atoms with Gasteiger partial charge in [-0.25, -0.2) is 10.0 Å². The highest BCUT2D eigenvalue weighted by Crippen LogP contribution is 2.35. The second kappa shape index (κ2) is 4.81. The van der Waals surface area contributed by atoms with Crippen LogP contribution in [0.5, 0.6) is 0 Å². The third-order valence-electron chi connectivity index (χ3n) is 3.56. The van der Waals surface area contributed by atoms with E-state index in [1.807, 2.05) is 0 Å². The van der Waals surface area contributed by atoms with Gasteiger partial charge in [0.25, 0.3) is 0 Å². The molecule has 0 aromatic carbocycles. The molecule has 1 aliphatic carbocycles. The molecule has 3 nitrogen and oxygen atoms in total. The zero-order chi connectivity index (χ0) is 10.8. The van der Waals surface area contributed by atoms with Crippen LogP contribution in [0.3, 0.4) is 0 Å². The Morgan fingerprint density at radius 1 is 1.27 bits per heavy atom. The highest BCUT2D eigenvalue weighted by Gasteiger charge is 2.32. The van der Waals surface area contributed by atoms with Crippen LogP contribution in [-0.4, -0.2) is 49.4 Å². The highest BCUT2D eigenvalue weighted by molar-refractivity contribution is 4.82. The summed E-state index contributed by atoms with van der Waals surface area (Å²) >= 11 is 0. The molecule has 2 fully saturated rings. The summed E-state index contributed by atoms with van der Waals surface area (Å²) in [7, 11) is 4.31. The van der Waals surface area contributed by atoms with Crippen molar-refractivity contribution in [3.05, 3.63) is 0 Å². The molecule has 15 heavy (non-hydrogen) atoms. The fourth-order valence-corrected chi connectivity index (χ4v) is 2.76. The van der Waals surface area contributed by atoms with Crippen molar-refractivity contribution < 1.29 is 4.74 Å². The third-order valence-corrected chi connectivity index (χ3v) is 3.56. The van der Waals surface area contributed by atoms with Gasteiger partial charge in [0.15, 0.2) is 0 Å². The molecule has 0 amide bonds. The van der Waals surface area contributed by atoms with Gasteiger partial charge in [-0.2, -0.15) is 0 Å². The molecule has 2 atom stereocenters. The first-order chi connectivity index (χ1) is 7.18. The van der Waals surface area contributed by atoms with Crippen LogP contribution in [0.1, 0.15) is 32.6 Å². The van der Waals surface area contributed by atoms with E-state index in [0.29, 0.717) is 12.1 Å². The van der Waals surface area contributed by atoms with Crippen molar-refractivity contribution in [3.63, 3.8) is 0 Å². The summed E-state index contributed by atoms with van der Waals surface area (Å²) in [5, 5.41) is 4.78. The van der Waals surface area contributed by atoms with Crippen LogP contribution in [0.4, 0.5) is 0 Å². The van der Waals surface area contributed by atoms with E-state index in [4.69, 9.17) is 4.74 Å². The Hall–Kier alpha value is -0.120. The van der Waals surface area contributed by atoms with Crippen LogP contribution < -0.4 is 0 Å². The molecule has 1 aliphatic heterocycles. The van der Waals surface area contributed by atoms with Crippen LogP contribution in [0.25, 0.3) is 0 Å². The van der Waals surface area contributed by atoms with Gasteiger partial charge < -0.3 is 4.74 Å². The molecule has 1 saturated heterocycles. The topological polar surface area (TPSA) is 15.7 Å². The van der Waals surface area contributed by atoms with E-state index in [9.17, 15) is 0 Å². The molecule has 0 bridgehead atoms. The monoisotopic (exact) mass is 212 g/mol. The van der Waals surface area contributed by atoms with Gasteiger partial charge in [0.05, 0.1) is 12.6 Å². The van der Waals surface area contributed by atoms with Gasteiger partial charge >= 0.3 is 0 Å². The maximum absolute atomic E-state index is 5.49. The fraction of sp³-hybridized carbons (Fsp3) is 1.00. The van der Waals surface area contributed by atoms with Gasteiger partial charge in [-0.3, -0.25) is 0 Å². The van der Waals surface area contributed by atoms with Crippen molar-refractivity contribution in [1.82, 2.24) is 10.0 Å². The molecule has 88 valence electrons. The van der Waals surface area contributed by atoms with Gasteiger partial charge in [0, 0.05) is 26.7 Å². The molecule has 1 heterocycles. The minimum Gasteiger partial charge on any atom is -0.380 e. The minimum absolute atomic E-state index is 0.605. The van der Waals surface area contributed by atoms with E-state index in [0.717, 1.165) is 19.1 Å². The average molecular weight is 212 g/mol. The molecule has 1 unspecified atom stereocenters. The summed E-state index contributed by atoms with van der Waals surface area (Å²) < 4.78 is 5.49. The lowest BCUT2D eigenvalue weighted by molar-refractivity contribution is -0.0577. The number of hydrogen-bond acceptors (Lipinski definition) is 3. The quantitative estimate of drug-likeness (QED) is 0.646. The predicted octanol–water partition coefficient (Wildman–Crippen LogP) is 1.74. The SMILES string of the molecule is CC(CC1CC1)N([C@H]1CCOC1)N(C)C. The van der Waals surface area contributed by atoms with Crippen molar-refractivity contribution in [2.45, 2.75) is 44.7 Å². The van der Waals surface area contributed by atoms with Crippen molar-refractivity contribution >= 4 is 0 Å². The van der Waals surface area contributed by atoms with Crippen molar-refractivity contribution in [2.24, 2.45) is 5.92 Å². The third kappa shape index (κ3) is 2.92. The summed E-state index contributed by atoms with van der Waals surface area (Å²) in [5.74, 6) is 1.00. The van der Waals surface area contributed by atoms with Gasteiger partial charge in [-0.1, -0.05) is 12.8 Å². The van der Waals surface area contributed by atoms with Crippen LogP contribution in [0, 0.1) is 5.92 Å². The van der Waals surface area contributed by atoms with Gasteiger partial charge in [-0.15, -0.1) is 0 Å². The lowest BCUT2D eigenvalue weighted by Crippen LogP contribution is -2.50.